The Balaban J connectivity index is 2.40. The zero-order valence-electron chi connectivity index (χ0n) is 10.7. The van der Waals surface area contributed by atoms with Crippen LogP contribution in [0.5, 0.6) is 0 Å². The molecule has 2 aromatic carbocycles. The van der Waals surface area contributed by atoms with Crippen molar-refractivity contribution < 1.29 is 0 Å². The molecule has 0 amide bonds. The summed E-state index contributed by atoms with van der Waals surface area (Å²) >= 11 is 12.3. The van der Waals surface area contributed by atoms with Gasteiger partial charge in [-0.15, -0.1) is 0 Å². The van der Waals surface area contributed by atoms with Crippen molar-refractivity contribution in [3.8, 4) is 0 Å². The molecular weight excluding hydrogens is 279 g/mol. The zero-order chi connectivity index (χ0) is 13.8. The molecule has 3 N–H and O–H groups in total. The third kappa shape index (κ3) is 3.10. The fourth-order valence-corrected chi connectivity index (χ4v) is 2.47. The zero-order valence-corrected chi connectivity index (χ0v) is 12.2. The standard InChI is InChI=1S/C15H16Cl2N2/c1-2-10-6-8-11(9-7-10)15(19-18)12-4-3-5-13(16)14(12)17/h3-9,15,19H,2,18H2,1H3. The van der Waals surface area contributed by atoms with Crippen LogP contribution in [-0.2, 0) is 6.42 Å². The van der Waals surface area contributed by atoms with Crippen LogP contribution in [0.1, 0.15) is 29.7 Å². The fraction of sp³-hybridized carbons (Fsp3) is 0.200. The van der Waals surface area contributed by atoms with E-state index in [9.17, 15) is 0 Å². The van der Waals surface area contributed by atoms with Gasteiger partial charge in [0.2, 0.25) is 0 Å². The molecule has 0 fully saturated rings. The first kappa shape index (κ1) is 14.4. The van der Waals surface area contributed by atoms with Gasteiger partial charge in [-0.25, -0.2) is 5.43 Å². The minimum absolute atomic E-state index is 0.169. The maximum absolute atomic E-state index is 6.25. The summed E-state index contributed by atoms with van der Waals surface area (Å²) in [6.45, 7) is 2.13. The number of benzene rings is 2. The molecule has 0 aliphatic rings. The van der Waals surface area contributed by atoms with Gasteiger partial charge in [-0.05, 0) is 29.2 Å². The second kappa shape index (κ2) is 6.40. The molecule has 0 aliphatic carbocycles. The van der Waals surface area contributed by atoms with Crippen LogP contribution in [0.3, 0.4) is 0 Å². The van der Waals surface area contributed by atoms with Crippen molar-refractivity contribution in [2.24, 2.45) is 5.84 Å². The topological polar surface area (TPSA) is 38.0 Å². The molecule has 2 aromatic rings. The van der Waals surface area contributed by atoms with Crippen molar-refractivity contribution in [1.29, 1.82) is 0 Å². The molecule has 100 valence electrons. The van der Waals surface area contributed by atoms with E-state index in [0.29, 0.717) is 10.0 Å². The van der Waals surface area contributed by atoms with Gasteiger partial charge in [0, 0.05) is 0 Å². The maximum Gasteiger partial charge on any atom is 0.0725 e. The third-order valence-electron chi connectivity index (χ3n) is 3.18. The largest absolute Gasteiger partial charge is 0.271 e. The van der Waals surface area contributed by atoms with Crippen LogP contribution in [-0.4, -0.2) is 0 Å². The Morgan fingerprint density at radius 1 is 1.11 bits per heavy atom. The lowest BCUT2D eigenvalue weighted by Crippen LogP contribution is -2.29. The van der Waals surface area contributed by atoms with E-state index in [2.05, 4.69) is 36.6 Å². The Labute approximate surface area is 123 Å². The van der Waals surface area contributed by atoms with Crippen molar-refractivity contribution in [1.82, 2.24) is 5.43 Å². The number of nitrogens with one attached hydrogen (secondary N) is 1. The van der Waals surface area contributed by atoms with Gasteiger partial charge in [-0.2, -0.15) is 0 Å². The summed E-state index contributed by atoms with van der Waals surface area (Å²) in [6.07, 6.45) is 1.01. The summed E-state index contributed by atoms with van der Waals surface area (Å²) in [6, 6.07) is 13.7. The van der Waals surface area contributed by atoms with E-state index in [1.165, 1.54) is 5.56 Å². The minimum Gasteiger partial charge on any atom is -0.271 e. The van der Waals surface area contributed by atoms with E-state index in [0.717, 1.165) is 17.5 Å². The molecule has 0 aliphatic heterocycles. The first-order valence-corrected chi connectivity index (χ1v) is 6.91. The highest BCUT2D eigenvalue weighted by molar-refractivity contribution is 6.42. The van der Waals surface area contributed by atoms with Gasteiger partial charge in [-0.1, -0.05) is 66.5 Å². The molecular formula is C15H16Cl2N2. The number of rotatable bonds is 4. The van der Waals surface area contributed by atoms with Crippen LogP contribution in [0.25, 0.3) is 0 Å². The molecule has 0 aromatic heterocycles. The molecule has 2 nitrogen and oxygen atoms in total. The summed E-state index contributed by atoms with van der Waals surface area (Å²) in [5.74, 6) is 5.67. The van der Waals surface area contributed by atoms with Gasteiger partial charge in [-0.3, -0.25) is 5.84 Å². The van der Waals surface area contributed by atoms with E-state index in [1.54, 1.807) is 6.07 Å². The lowest BCUT2D eigenvalue weighted by molar-refractivity contribution is 0.637. The Kier molecular flexibility index (Phi) is 4.83. The molecule has 0 radical (unpaired) electrons. The van der Waals surface area contributed by atoms with Crippen LogP contribution >= 0.6 is 23.2 Å². The van der Waals surface area contributed by atoms with Crippen LogP contribution in [0.2, 0.25) is 10.0 Å². The lowest BCUT2D eigenvalue weighted by atomic mass is 9.98. The van der Waals surface area contributed by atoms with Crippen LogP contribution in [0, 0.1) is 0 Å². The monoisotopic (exact) mass is 294 g/mol. The van der Waals surface area contributed by atoms with Gasteiger partial charge in [0.05, 0.1) is 16.1 Å². The van der Waals surface area contributed by atoms with Crippen molar-refractivity contribution >= 4 is 23.2 Å². The summed E-state index contributed by atoms with van der Waals surface area (Å²) < 4.78 is 0. The van der Waals surface area contributed by atoms with Gasteiger partial charge >= 0.3 is 0 Å². The summed E-state index contributed by atoms with van der Waals surface area (Å²) in [7, 11) is 0. The molecule has 1 atom stereocenters. The van der Waals surface area contributed by atoms with Crippen molar-refractivity contribution in [2.75, 3.05) is 0 Å². The smallest absolute Gasteiger partial charge is 0.0725 e. The van der Waals surface area contributed by atoms with Crippen LogP contribution < -0.4 is 11.3 Å². The number of hydrogen-bond donors (Lipinski definition) is 2. The Morgan fingerprint density at radius 3 is 2.37 bits per heavy atom. The summed E-state index contributed by atoms with van der Waals surface area (Å²) in [5, 5.41) is 1.07. The Hall–Kier alpha value is -1.06. The second-order valence-corrected chi connectivity index (χ2v) is 5.12. The third-order valence-corrected chi connectivity index (χ3v) is 4.01. The second-order valence-electron chi connectivity index (χ2n) is 4.34. The molecule has 0 saturated carbocycles. The van der Waals surface area contributed by atoms with Gasteiger partial charge in [0.15, 0.2) is 0 Å². The number of halogens is 2. The summed E-state index contributed by atoms with van der Waals surface area (Å²) in [5.41, 5.74) is 6.02. The van der Waals surface area contributed by atoms with E-state index in [4.69, 9.17) is 29.0 Å². The van der Waals surface area contributed by atoms with E-state index >= 15 is 0 Å². The lowest BCUT2D eigenvalue weighted by Gasteiger charge is -2.19. The molecule has 19 heavy (non-hydrogen) atoms. The molecule has 2 rings (SSSR count). The van der Waals surface area contributed by atoms with Crippen molar-refractivity contribution in [2.45, 2.75) is 19.4 Å². The van der Waals surface area contributed by atoms with E-state index in [1.807, 2.05) is 12.1 Å². The van der Waals surface area contributed by atoms with Gasteiger partial charge in [0.25, 0.3) is 0 Å². The average Bonchev–Trinajstić information content (AvgIpc) is 2.45. The molecule has 0 spiro atoms. The molecule has 4 heteroatoms. The summed E-state index contributed by atoms with van der Waals surface area (Å²) in [4.78, 5) is 0. The maximum atomic E-state index is 6.25. The highest BCUT2D eigenvalue weighted by atomic mass is 35.5. The highest BCUT2D eigenvalue weighted by Gasteiger charge is 2.16. The van der Waals surface area contributed by atoms with Crippen LogP contribution in [0.15, 0.2) is 42.5 Å². The fourth-order valence-electron chi connectivity index (χ4n) is 2.05. The number of hydrogen-bond acceptors (Lipinski definition) is 2. The van der Waals surface area contributed by atoms with E-state index in [-0.39, 0.29) is 6.04 Å². The van der Waals surface area contributed by atoms with Crippen molar-refractivity contribution in [3.63, 3.8) is 0 Å². The average molecular weight is 295 g/mol. The molecule has 0 heterocycles. The normalized spacial score (nSPS) is 12.4. The van der Waals surface area contributed by atoms with Gasteiger partial charge < -0.3 is 0 Å². The number of nitrogens with two attached hydrogens (primary N) is 1. The number of hydrazine groups is 1. The highest BCUT2D eigenvalue weighted by Crippen LogP contribution is 2.32. The van der Waals surface area contributed by atoms with Crippen LogP contribution in [0.4, 0.5) is 0 Å². The predicted octanol–water partition coefficient (Wildman–Crippen LogP) is 4.11. The van der Waals surface area contributed by atoms with E-state index < -0.39 is 0 Å². The predicted molar refractivity (Wildman–Crippen MR) is 81.4 cm³/mol. The van der Waals surface area contributed by atoms with Gasteiger partial charge in [0.1, 0.15) is 0 Å². The molecule has 1 unspecified atom stereocenters. The quantitative estimate of drug-likeness (QED) is 0.658. The Morgan fingerprint density at radius 2 is 1.79 bits per heavy atom. The SMILES string of the molecule is CCc1ccc(C(NN)c2cccc(Cl)c2Cl)cc1. The first-order chi connectivity index (χ1) is 9.17. The Bertz CT molecular complexity index is 553. The first-order valence-electron chi connectivity index (χ1n) is 6.16. The molecule has 0 bridgehead atoms. The number of aryl methyl sites for hydroxylation is 1. The molecule has 0 saturated heterocycles. The minimum atomic E-state index is -0.169. The van der Waals surface area contributed by atoms with Crippen molar-refractivity contribution in [3.05, 3.63) is 69.2 Å².